The second-order valence-corrected chi connectivity index (χ2v) is 11.8. The van der Waals surface area contributed by atoms with Gasteiger partial charge < -0.3 is 9.80 Å². The summed E-state index contributed by atoms with van der Waals surface area (Å²) in [7, 11) is -0.739. The van der Waals surface area contributed by atoms with E-state index in [1.165, 1.54) is 17.0 Å². The number of carbonyl (C=O) groups excluding carboxylic acids is 1. The number of hydrogen-bond donors (Lipinski definition) is 0. The number of amides is 1. The summed E-state index contributed by atoms with van der Waals surface area (Å²) in [5.41, 5.74) is 0.240. The molecule has 1 heterocycles. The smallest absolute Gasteiger partial charge is 0.369 e. The molecule has 6 nitrogen and oxygen atoms in total. The number of rotatable bonds is 5. The Morgan fingerprint density at radius 3 is 2.23 bits per heavy atom. The number of nitrogens with zero attached hydrogens (tertiary/aromatic N) is 3. The zero-order chi connectivity index (χ0) is 25.5. The SMILES string of the molecule is CN(C)C(=O)c1ccc(N2CCN(C3CC(S(=O)(=O)c4ccccc4C(F)(F)F)C3)CC2)cc1Cl. The standard InChI is InChI=1S/C24H27ClF3N3O3S/c1-29(2)23(32)19-8-7-16(15-21(19)25)30-9-11-31(12-10-30)17-13-18(14-17)35(33,34)22-6-4-3-5-20(22)24(26,27)28/h3-8,15,17-18H,9-14H2,1-2H3. The lowest BCUT2D eigenvalue weighted by Gasteiger charge is -2.46. The number of anilines is 1. The van der Waals surface area contributed by atoms with Gasteiger partial charge >= 0.3 is 6.18 Å². The van der Waals surface area contributed by atoms with E-state index in [0.29, 0.717) is 49.6 Å². The van der Waals surface area contributed by atoms with Crippen molar-refractivity contribution in [1.82, 2.24) is 9.80 Å². The van der Waals surface area contributed by atoms with Crippen molar-refractivity contribution in [2.24, 2.45) is 0 Å². The van der Waals surface area contributed by atoms with Crippen molar-refractivity contribution in [2.75, 3.05) is 45.2 Å². The van der Waals surface area contributed by atoms with Gasteiger partial charge in [-0.3, -0.25) is 9.69 Å². The lowest BCUT2D eigenvalue weighted by atomic mass is 9.90. The van der Waals surface area contributed by atoms with Crippen LogP contribution in [0.15, 0.2) is 47.4 Å². The largest absolute Gasteiger partial charge is 0.417 e. The summed E-state index contributed by atoms with van der Waals surface area (Å²) in [6.07, 6.45) is -4.08. The highest BCUT2D eigenvalue weighted by Crippen LogP contribution is 2.40. The van der Waals surface area contributed by atoms with Crippen LogP contribution in [-0.2, 0) is 16.0 Å². The third-order valence-corrected chi connectivity index (χ3v) is 9.34. The second-order valence-electron chi connectivity index (χ2n) is 9.17. The minimum absolute atomic E-state index is 0.0265. The molecule has 0 radical (unpaired) electrons. The fourth-order valence-corrected chi connectivity index (χ4v) is 7.00. The van der Waals surface area contributed by atoms with Crippen molar-refractivity contribution in [3.8, 4) is 0 Å². The molecule has 35 heavy (non-hydrogen) atoms. The van der Waals surface area contributed by atoms with Crippen LogP contribution in [0.25, 0.3) is 0 Å². The highest BCUT2D eigenvalue weighted by Gasteiger charge is 2.46. The lowest BCUT2D eigenvalue weighted by Crippen LogP contribution is -2.56. The van der Waals surface area contributed by atoms with Crippen molar-refractivity contribution < 1.29 is 26.4 Å². The number of benzene rings is 2. The van der Waals surface area contributed by atoms with Crippen molar-refractivity contribution >= 4 is 33.0 Å². The van der Waals surface area contributed by atoms with Crippen LogP contribution in [0.2, 0.25) is 5.02 Å². The quantitative estimate of drug-likeness (QED) is 0.581. The third-order valence-electron chi connectivity index (χ3n) is 6.79. The summed E-state index contributed by atoms with van der Waals surface area (Å²) in [6, 6.07) is 9.77. The fourth-order valence-electron chi connectivity index (χ4n) is 4.68. The number of sulfone groups is 1. The summed E-state index contributed by atoms with van der Waals surface area (Å²) in [5.74, 6) is -0.168. The molecule has 190 valence electrons. The molecule has 1 saturated heterocycles. The molecule has 1 amide bonds. The molecule has 11 heteroatoms. The maximum Gasteiger partial charge on any atom is 0.417 e. The topological polar surface area (TPSA) is 60.9 Å². The van der Waals surface area contributed by atoms with E-state index in [-0.39, 0.29) is 11.9 Å². The molecule has 0 aromatic heterocycles. The van der Waals surface area contributed by atoms with Gasteiger partial charge in [-0.15, -0.1) is 0 Å². The molecule has 1 saturated carbocycles. The Morgan fingerprint density at radius 2 is 1.66 bits per heavy atom. The molecule has 0 unspecified atom stereocenters. The first-order chi connectivity index (χ1) is 16.4. The second kappa shape index (κ2) is 9.63. The summed E-state index contributed by atoms with van der Waals surface area (Å²) < 4.78 is 65.8. The minimum Gasteiger partial charge on any atom is -0.369 e. The molecule has 1 aliphatic heterocycles. The number of alkyl halides is 3. The van der Waals surface area contributed by atoms with Crippen LogP contribution in [0.3, 0.4) is 0 Å². The average molecular weight is 530 g/mol. The van der Waals surface area contributed by atoms with Gasteiger partial charge in [0.05, 0.1) is 26.3 Å². The molecule has 1 aliphatic carbocycles. The predicted molar refractivity (Wildman–Crippen MR) is 129 cm³/mol. The van der Waals surface area contributed by atoms with Crippen molar-refractivity contribution in [3.05, 3.63) is 58.6 Å². The molecule has 0 spiro atoms. The zero-order valence-electron chi connectivity index (χ0n) is 19.4. The van der Waals surface area contributed by atoms with Crippen LogP contribution in [0.5, 0.6) is 0 Å². The molecular formula is C24H27ClF3N3O3S. The highest BCUT2D eigenvalue weighted by molar-refractivity contribution is 7.92. The number of piperazine rings is 1. The highest BCUT2D eigenvalue weighted by atomic mass is 35.5. The zero-order valence-corrected chi connectivity index (χ0v) is 21.0. The van der Waals surface area contributed by atoms with Crippen LogP contribution in [0, 0.1) is 0 Å². The Balaban J connectivity index is 1.36. The number of carbonyl (C=O) groups is 1. The number of halogens is 4. The predicted octanol–water partition coefficient (Wildman–Crippen LogP) is 4.19. The van der Waals surface area contributed by atoms with Gasteiger partial charge in [-0.2, -0.15) is 13.2 Å². The Morgan fingerprint density at radius 1 is 1.03 bits per heavy atom. The van der Waals surface area contributed by atoms with Crippen molar-refractivity contribution in [1.29, 1.82) is 0 Å². The van der Waals surface area contributed by atoms with E-state index in [4.69, 9.17) is 11.6 Å². The first-order valence-electron chi connectivity index (χ1n) is 11.3. The lowest BCUT2D eigenvalue weighted by molar-refractivity contribution is -0.139. The monoisotopic (exact) mass is 529 g/mol. The van der Waals surface area contributed by atoms with Gasteiger partial charge in [-0.1, -0.05) is 23.7 Å². The Kier molecular flexibility index (Phi) is 7.09. The summed E-state index contributed by atoms with van der Waals surface area (Å²) in [5, 5.41) is -0.426. The van der Waals surface area contributed by atoms with E-state index in [1.807, 2.05) is 6.07 Å². The third kappa shape index (κ3) is 5.15. The molecule has 4 rings (SSSR count). The summed E-state index contributed by atoms with van der Waals surface area (Å²) >= 11 is 6.33. The molecule has 2 aromatic rings. The molecular weight excluding hydrogens is 503 g/mol. The van der Waals surface area contributed by atoms with Crippen LogP contribution < -0.4 is 4.90 Å². The van der Waals surface area contributed by atoms with E-state index >= 15 is 0 Å². The van der Waals surface area contributed by atoms with Crippen molar-refractivity contribution in [3.63, 3.8) is 0 Å². The Bertz CT molecular complexity index is 1210. The van der Waals surface area contributed by atoms with Gasteiger partial charge in [0.25, 0.3) is 5.91 Å². The molecule has 2 fully saturated rings. The number of hydrogen-bond acceptors (Lipinski definition) is 5. The van der Waals surface area contributed by atoms with Gasteiger partial charge in [0.2, 0.25) is 0 Å². The normalized spacial score (nSPS) is 21.5. The van der Waals surface area contributed by atoms with Gasteiger partial charge in [0.15, 0.2) is 9.84 Å². The summed E-state index contributed by atoms with van der Waals surface area (Å²) in [6.45, 7) is 2.80. The Labute approximate surface area is 208 Å². The molecule has 0 bridgehead atoms. The average Bonchev–Trinajstić information content (AvgIpc) is 2.77. The van der Waals surface area contributed by atoms with Gasteiger partial charge in [0, 0.05) is 52.0 Å². The van der Waals surface area contributed by atoms with Gasteiger partial charge in [-0.05, 0) is 43.2 Å². The van der Waals surface area contributed by atoms with Crippen LogP contribution in [0.1, 0.15) is 28.8 Å². The van der Waals surface area contributed by atoms with Crippen LogP contribution in [0.4, 0.5) is 18.9 Å². The maximum absolute atomic E-state index is 13.3. The summed E-state index contributed by atoms with van der Waals surface area (Å²) in [4.78, 5) is 17.4. The van der Waals surface area contributed by atoms with Gasteiger partial charge in [0.1, 0.15) is 0 Å². The minimum atomic E-state index is -4.72. The van der Waals surface area contributed by atoms with E-state index in [2.05, 4.69) is 9.80 Å². The first-order valence-corrected chi connectivity index (χ1v) is 13.2. The van der Waals surface area contributed by atoms with Crippen LogP contribution >= 0.6 is 11.6 Å². The molecule has 0 N–H and O–H groups in total. The first kappa shape index (κ1) is 25.8. The molecule has 2 aliphatic rings. The maximum atomic E-state index is 13.3. The van der Waals surface area contributed by atoms with Crippen LogP contribution in [-0.4, -0.2) is 75.7 Å². The van der Waals surface area contributed by atoms with Gasteiger partial charge in [-0.25, -0.2) is 8.42 Å². The van der Waals surface area contributed by atoms with Crippen molar-refractivity contribution in [2.45, 2.75) is 35.2 Å². The van der Waals surface area contributed by atoms with E-state index in [0.717, 1.165) is 17.8 Å². The molecule has 0 atom stereocenters. The van der Waals surface area contributed by atoms with E-state index in [1.54, 1.807) is 26.2 Å². The Hall–Kier alpha value is -2.30. The molecule has 2 aromatic carbocycles. The van der Waals surface area contributed by atoms with E-state index in [9.17, 15) is 26.4 Å². The fraction of sp³-hybridized carbons (Fsp3) is 0.458. The van der Waals surface area contributed by atoms with E-state index < -0.39 is 31.7 Å².